The summed E-state index contributed by atoms with van der Waals surface area (Å²) in [6.07, 6.45) is 2.55. The van der Waals surface area contributed by atoms with Crippen LogP contribution in [-0.2, 0) is 11.8 Å². The van der Waals surface area contributed by atoms with E-state index in [4.69, 9.17) is 0 Å². The summed E-state index contributed by atoms with van der Waals surface area (Å²) in [6, 6.07) is 6.48. The summed E-state index contributed by atoms with van der Waals surface area (Å²) in [7, 11) is 1.82. The molecule has 27 heavy (non-hydrogen) atoms. The van der Waals surface area contributed by atoms with E-state index in [-0.39, 0.29) is 23.7 Å². The number of carbonyl (C=O) groups excluding carboxylic acids is 2. The van der Waals surface area contributed by atoms with Crippen LogP contribution in [0.4, 0.5) is 4.39 Å². The minimum atomic E-state index is -0.436. The van der Waals surface area contributed by atoms with Crippen LogP contribution in [0.1, 0.15) is 43.6 Å². The maximum Gasteiger partial charge on any atom is 0.270 e. The van der Waals surface area contributed by atoms with Crippen LogP contribution in [0.15, 0.2) is 24.3 Å². The van der Waals surface area contributed by atoms with E-state index in [1.54, 1.807) is 17.0 Å². The summed E-state index contributed by atoms with van der Waals surface area (Å²) < 4.78 is 15.3. The number of hydrogen-bond donors (Lipinski definition) is 0. The lowest BCUT2D eigenvalue weighted by atomic mass is 9.78. The van der Waals surface area contributed by atoms with Crippen molar-refractivity contribution in [2.24, 2.45) is 12.5 Å². The van der Waals surface area contributed by atoms with Crippen molar-refractivity contribution < 1.29 is 14.0 Å². The molecule has 6 heteroatoms. The molecule has 2 aromatic rings. The fraction of sp³-hybridized carbons (Fsp3) is 0.524. The Kier molecular flexibility index (Phi) is 4.24. The minimum Gasteiger partial charge on any atom is -0.340 e. The van der Waals surface area contributed by atoms with Crippen molar-refractivity contribution >= 4 is 22.7 Å². The van der Waals surface area contributed by atoms with Gasteiger partial charge in [0.25, 0.3) is 5.91 Å². The Balaban J connectivity index is 1.60. The first-order valence-electron chi connectivity index (χ1n) is 9.68. The molecule has 1 atom stereocenters. The van der Waals surface area contributed by atoms with Crippen LogP contribution in [-0.4, -0.2) is 51.9 Å². The molecule has 3 heterocycles. The Morgan fingerprint density at radius 3 is 2.70 bits per heavy atom. The highest BCUT2D eigenvalue weighted by Gasteiger charge is 2.50. The molecule has 2 saturated heterocycles. The van der Waals surface area contributed by atoms with Gasteiger partial charge in [0.2, 0.25) is 5.91 Å². The van der Waals surface area contributed by atoms with Crippen LogP contribution >= 0.6 is 0 Å². The molecule has 0 N–H and O–H groups in total. The number of hydrogen-bond acceptors (Lipinski definition) is 2. The average molecular weight is 371 g/mol. The lowest BCUT2D eigenvalue weighted by Gasteiger charge is -2.41. The van der Waals surface area contributed by atoms with Crippen LogP contribution in [0.2, 0.25) is 0 Å². The first-order chi connectivity index (χ1) is 12.8. The molecule has 0 radical (unpaired) electrons. The molecule has 4 rings (SSSR count). The summed E-state index contributed by atoms with van der Waals surface area (Å²) in [5.74, 6) is -0.201. The van der Waals surface area contributed by atoms with Gasteiger partial charge in [-0.2, -0.15) is 0 Å². The molecule has 2 amide bonds. The largest absolute Gasteiger partial charge is 0.340 e. The van der Waals surface area contributed by atoms with Crippen LogP contribution in [0.3, 0.4) is 0 Å². The van der Waals surface area contributed by atoms with Crippen molar-refractivity contribution in [2.75, 3.05) is 19.6 Å². The summed E-state index contributed by atoms with van der Waals surface area (Å²) in [4.78, 5) is 30.0. The molecule has 0 unspecified atom stereocenters. The van der Waals surface area contributed by atoms with Gasteiger partial charge < -0.3 is 14.4 Å². The quantitative estimate of drug-likeness (QED) is 0.814. The third-order valence-corrected chi connectivity index (χ3v) is 6.26. The Bertz CT molecular complexity index is 920. The summed E-state index contributed by atoms with van der Waals surface area (Å²) in [5, 5.41) is 0.717. The summed E-state index contributed by atoms with van der Waals surface area (Å²) in [6.45, 7) is 5.96. The SMILES string of the molecule is CC(C)N1CCC[C@]2(CCN(C(=O)c3cc4cc(F)ccc4n3C)C2)C1=O. The standard InChI is InChI=1S/C21H26FN3O2/c1-14(2)25-9-4-7-21(20(25)27)8-10-24(13-21)19(26)18-12-15-11-16(22)5-6-17(15)23(18)3/h5-6,11-12,14H,4,7-10,13H2,1-3H3/t21-/m1/s1. The molecule has 0 saturated carbocycles. The molecular weight excluding hydrogens is 345 g/mol. The van der Waals surface area contributed by atoms with E-state index in [0.717, 1.165) is 36.7 Å². The number of carbonyl (C=O) groups is 2. The van der Waals surface area contributed by atoms with Crippen LogP contribution < -0.4 is 0 Å². The number of likely N-dealkylation sites (tertiary alicyclic amines) is 2. The highest BCUT2D eigenvalue weighted by atomic mass is 19.1. The molecule has 2 aliphatic heterocycles. The predicted octanol–water partition coefficient (Wildman–Crippen LogP) is 3.18. The normalized spacial score (nSPS) is 23.2. The average Bonchev–Trinajstić information content (AvgIpc) is 3.19. The number of piperidine rings is 1. The molecule has 0 bridgehead atoms. The van der Waals surface area contributed by atoms with Gasteiger partial charge in [-0.25, -0.2) is 4.39 Å². The highest BCUT2D eigenvalue weighted by molar-refractivity contribution is 5.99. The molecular formula is C21H26FN3O2. The van der Waals surface area contributed by atoms with Gasteiger partial charge in [-0.1, -0.05) is 0 Å². The fourth-order valence-corrected chi connectivity index (χ4v) is 4.71. The number of aromatic nitrogens is 1. The van der Waals surface area contributed by atoms with E-state index in [1.807, 2.05) is 30.4 Å². The van der Waals surface area contributed by atoms with Crippen molar-refractivity contribution in [3.05, 3.63) is 35.8 Å². The molecule has 0 aliphatic carbocycles. The first kappa shape index (κ1) is 18.0. The van der Waals surface area contributed by atoms with Gasteiger partial charge in [0.1, 0.15) is 11.5 Å². The van der Waals surface area contributed by atoms with Crippen molar-refractivity contribution in [1.29, 1.82) is 0 Å². The second-order valence-corrected chi connectivity index (χ2v) is 8.24. The third-order valence-electron chi connectivity index (χ3n) is 6.26. The Morgan fingerprint density at radius 1 is 1.19 bits per heavy atom. The first-order valence-corrected chi connectivity index (χ1v) is 9.68. The van der Waals surface area contributed by atoms with E-state index in [0.29, 0.717) is 18.8 Å². The smallest absolute Gasteiger partial charge is 0.270 e. The maximum atomic E-state index is 13.5. The van der Waals surface area contributed by atoms with Crippen molar-refractivity contribution in [3.63, 3.8) is 0 Å². The number of amides is 2. The molecule has 1 aromatic heterocycles. The minimum absolute atomic E-state index is 0.0829. The molecule has 1 aromatic carbocycles. The molecule has 144 valence electrons. The summed E-state index contributed by atoms with van der Waals surface area (Å²) >= 11 is 0. The Labute approximate surface area is 158 Å². The maximum absolute atomic E-state index is 13.5. The molecule has 2 aliphatic rings. The van der Waals surface area contributed by atoms with Crippen molar-refractivity contribution in [2.45, 2.75) is 39.2 Å². The lowest BCUT2D eigenvalue weighted by Crippen LogP contribution is -2.52. The zero-order chi connectivity index (χ0) is 19.3. The summed E-state index contributed by atoms with van der Waals surface area (Å²) in [5.41, 5.74) is 0.930. The van der Waals surface area contributed by atoms with Crippen LogP contribution in [0.5, 0.6) is 0 Å². The van der Waals surface area contributed by atoms with Gasteiger partial charge in [-0.05, 0) is 57.4 Å². The van der Waals surface area contributed by atoms with Crippen LogP contribution in [0.25, 0.3) is 10.9 Å². The number of aryl methyl sites for hydroxylation is 1. The predicted molar refractivity (Wildman–Crippen MR) is 102 cm³/mol. The van der Waals surface area contributed by atoms with Crippen LogP contribution in [0, 0.1) is 11.2 Å². The number of fused-ring (bicyclic) bond motifs is 1. The second kappa shape index (κ2) is 6.36. The van der Waals surface area contributed by atoms with E-state index in [9.17, 15) is 14.0 Å². The van der Waals surface area contributed by atoms with Gasteiger partial charge in [0.15, 0.2) is 0 Å². The van der Waals surface area contributed by atoms with Gasteiger partial charge >= 0.3 is 0 Å². The lowest BCUT2D eigenvalue weighted by molar-refractivity contribution is -0.147. The third kappa shape index (κ3) is 2.82. The highest BCUT2D eigenvalue weighted by Crippen LogP contribution is 2.41. The van der Waals surface area contributed by atoms with E-state index in [1.165, 1.54) is 12.1 Å². The van der Waals surface area contributed by atoms with Gasteiger partial charge in [-0.15, -0.1) is 0 Å². The molecule has 5 nitrogen and oxygen atoms in total. The zero-order valence-electron chi connectivity index (χ0n) is 16.2. The van der Waals surface area contributed by atoms with Gasteiger partial charge in [0, 0.05) is 43.6 Å². The number of rotatable bonds is 2. The number of benzene rings is 1. The van der Waals surface area contributed by atoms with Crippen molar-refractivity contribution in [1.82, 2.24) is 14.4 Å². The Hall–Kier alpha value is -2.37. The second-order valence-electron chi connectivity index (χ2n) is 8.24. The Morgan fingerprint density at radius 2 is 1.96 bits per heavy atom. The molecule has 2 fully saturated rings. The fourth-order valence-electron chi connectivity index (χ4n) is 4.71. The topological polar surface area (TPSA) is 45.5 Å². The van der Waals surface area contributed by atoms with E-state index in [2.05, 4.69) is 0 Å². The van der Waals surface area contributed by atoms with Crippen molar-refractivity contribution in [3.8, 4) is 0 Å². The monoisotopic (exact) mass is 371 g/mol. The zero-order valence-corrected chi connectivity index (χ0v) is 16.2. The molecule has 1 spiro atoms. The van der Waals surface area contributed by atoms with E-state index < -0.39 is 5.41 Å². The van der Waals surface area contributed by atoms with Gasteiger partial charge in [-0.3, -0.25) is 9.59 Å². The van der Waals surface area contributed by atoms with E-state index >= 15 is 0 Å². The number of halogens is 1. The number of nitrogens with zero attached hydrogens (tertiary/aromatic N) is 3. The van der Waals surface area contributed by atoms with Gasteiger partial charge in [0.05, 0.1) is 5.41 Å².